The van der Waals surface area contributed by atoms with Crippen molar-refractivity contribution in [3.8, 4) is 0 Å². The van der Waals surface area contributed by atoms with Crippen LogP contribution < -0.4 is 0 Å². The Hall–Kier alpha value is -2.29. The minimum atomic E-state index is -0.681. The topological polar surface area (TPSA) is 29.5 Å². The van der Waals surface area contributed by atoms with Crippen LogP contribution in [0.4, 0.5) is 4.79 Å². The van der Waals surface area contributed by atoms with E-state index in [4.69, 9.17) is 4.74 Å². The van der Waals surface area contributed by atoms with Crippen LogP contribution >= 0.6 is 0 Å². The van der Waals surface area contributed by atoms with Crippen LogP contribution in [-0.4, -0.2) is 11.0 Å². The van der Waals surface area contributed by atoms with Crippen molar-refractivity contribution in [3.05, 3.63) is 74.9 Å². The SMILES string of the molecule is C=CC(=C)OC(=O)N(C(=C)C=C)C(=C)C=C. The number of nitrogens with zero attached hydrogens (tertiary/aromatic N) is 1. The Bertz CT molecular complexity index is 357. The van der Waals surface area contributed by atoms with E-state index < -0.39 is 6.09 Å². The van der Waals surface area contributed by atoms with Crippen LogP contribution in [-0.2, 0) is 4.74 Å². The summed E-state index contributed by atoms with van der Waals surface area (Å²) in [5, 5.41) is 0. The first kappa shape index (κ1) is 13.7. The summed E-state index contributed by atoms with van der Waals surface area (Å²) in [6.07, 6.45) is 3.46. The molecule has 0 saturated carbocycles. The molecule has 3 nitrogen and oxygen atoms in total. The summed E-state index contributed by atoms with van der Waals surface area (Å²) >= 11 is 0. The van der Waals surface area contributed by atoms with E-state index in [1.54, 1.807) is 0 Å². The van der Waals surface area contributed by atoms with Gasteiger partial charge in [-0.1, -0.05) is 39.5 Å². The third-order valence-corrected chi connectivity index (χ3v) is 1.67. The first-order chi connectivity index (χ1) is 7.47. The fraction of sp³-hybridized carbons (Fsp3) is 0. The second-order valence-electron chi connectivity index (χ2n) is 2.76. The van der Waals surface area contributed by atoms with Gasteiger partial charge in [-0.2, -0.15) is 0 Å². The van der Waals surface area contributed by atoms with Gasteiger partial charge in [0.05, 0.1) is 0 Å². The zero-order chi connectivity index (χ0) is 12.7. The number of hydrogen-bond acceptors (Lipinski definition) is 2. The molecule has 84 valence electrons. The number of carbonyl (C=O) groups is 1. The Morgan fingerprint density at radius 1 is 0.938 bits per heavy atom. The van der Waals surface area contributed by atoms with E-state index in [0.717, 1.165) is 4.90 Å². The zero-order valence-corrected chi connectivity index (χ0v) is 9.24. The monoisotopic (exact) mass is 217 g/mol. The lowest BCUT2D eigenvalue weighted by molar-refractivity contribution is 0.156. The van der Waals surface area contributed by atoms with Crippen molar-refractivity contribution < 1.29 is 9.53 Å². The van der Waals surface area contributed by atoms with Crippen molar-refractivity contribution in [1.82, 2.24) is 4.90 Å². The minimum absolute atomic E-state index is 0.142. The van der Waals surface area contributed by atoms with E-state index >= 15 is 0 Å². The largest absolute Gasteiger partial charge is 0.424 e. The average molecular weight is 217 g/mol. The van der Waals surface area contributed by atoms with Gasteiger partial charge >= 0.3 is 6.09 Å². The summed E-state index contributed by atoms with van der Waals surface area (Å²) < 4.78 is 4.86. The third kappa shape index (κ3) is 3.46. The lowest BCUT2D eigenvalue weighted by Crippen LogP contribution is -2.27. The molecule has 0 heterocycles. The maximum atomic E-state index is 11.7. The molecule has 0 aliphatic carbocycles. The van der Waals surface area contributed by atoms with Crippen LogP contribution in [0.5, 0.6) is 0 Å². The van der Waals surface area contributed by atoms with E-state index in [9.17, 15) is 4.79 Å². The van der Waals surface area contributed by atoms with Crippen LogP contribution in [0.1, 0.15) is 0 Å². The molecule has 0 aromatic rings. The Balaban J connectivity index is 4.97. The van der Waals surface area contributed by atoms with E-state index in [0.29, 0.717) is 11.4 Å². The summed E-state index contributed by atoms with van der Waals surface area (Å²) in [5.41, 5.74) is 0.679. The molecule has 0 spiro atoms. The summed E-state index contributed by atoms with van der Waals surface area (Å²) in [4.78, 5) is 12.8. The number of ether oxygens (including phenoxy) is 1. The van der Waals surface area contributed by atoms with Gasteiger partial charge in [-0.3, -0.25) is 0 Å². The molecule has 0 atom stereocenters. The Kier molecular flexibility index (Phi) is 5.35. The lowest BCUT2D eigenvalue weighted by Gasteiger charge is -2.22. The molecular formula is C13H15NO2. The molecule has 1 amide bonds. The number of carbonyl (C=O) groups excluding carboxylic acids is 1. The predicted octanol–water partition coefficient (Wildman–Crippen LogP) is 3.52. The van der Waals surface area contributed by atoms with Crippen molar-refractivity contribution in [2.75, 3.05) is 0 Å². The van der Waals surface area contributed by atoms with E-state index in [1.807, 2.05) is 0 Å². The lowest BCUT2D eigenvalue weighted by atomic mass is 10.3. The van der Waals surface area contributed by atoms with Gasteiger partial charge in [0.1, 0.15) is 5.76 Å². The van der Waals surface area contributed by atoms with Gasteiger partial charge in [-0.05, 0) is 18.2 Å². The number of hydrogen-bond donors (Lipinski definition) is 0. The van der Waals surface area contributed by atoms with Gasteiger partial charge < -0.3 is 4.74 Å². The van der Waals surface area contributed by atoms with Crippen molar-refractivity contribution >= 4 is 6.09 Å². The van der Waals surface area contributed by atoms with Crippen LogP contribution in [0.25, 0.3) is 0 Å². The molecule has 0 radical (unpaired) electrons. The standard InChI is InChI=1S/C13H15NO2/c1-7-10(4)14(11(5)8-2)13(15)16-12(6)9-3/h7-9H,1-6H2. The van der Waals surface area contributed by atoms with Crippen LogP contribution in [0, 0.1) is 0 Å². The molecule has 3 heteroatoms. The fourth-order valence-electron chi connectivity index (χ4n) is 0.801. The van der Waals surface area contributed by atoms with E-state index in [1.165, 1.54) is 18.2 Å². The van der Waals surface area contributed by atoms with Gasteiger partial charge in [-0.25, -0.2) is 9.69 Å². The van der Waals surface area contributed by atoms with Gasteiger partial charge in [0.2, 0.25) is 0 Å². The summed E-state index contributed by atoms with van der Waals surface area (Å²) in [6, 6.07) is 0. The highest BCUT2D eigenvalue weighted by Gasteiger charge is 2.18. The molecule has 0 rings (SSSR count). The van der Waals surface area contributed by atoms with Gasteiger partial charge in [0, 0.05) is 11.4 Å². The van der Waals surface area contributed by atoms with Crippen LogP contribution in [0.2, 0.25) is 0 Å². The quantitative estimate of drug-likeness (QED) is 0.503. The molecule has 0 unspecified atom stereocenters. The molecule has 0 saturated heterocycles. The van der Waals surface area contributed by atoms with Crippen molar-refractivity contribution in [1.29, 1.82) is 0 Å². The molecule has 0 aliphatic heterocycles. The molecule has 0 N–H and O–H groups in total. The molecular weight excluding hydrogens is 202 g/mol. The highest BCUT2D eigenvalue weighted by Crippen LogP contribution is 2.15. The predicted molar refractivity (Wildman–Crippen MR) is 66.3 cm³/mol. The maximum Gasteiger partial charge on any atom is 0.424 e. The molecule has 0 bridgehead atoms. The summed E-state index contributed by atoms with van der Waals surface area (Å²) in [5.74, 6) is 0.142. The minimum Gasteiger partial charge on any atom is -0.410 e. The first-order valence-corrected chi connectivity index (χ1v) is 4.43. The fourth-order valence-corrected chi connectivity index (χ4v) is 0.801. The smallest absolute Gasteiger partial charge is 0.410 e. The van der Waals surface area contributed by atoms with Crippen molar-refractivity contribution in [2.24, 2.45) is 0 Å². The van der Waals surface area contributed by atoms with Crippen molar-refractivity contribution in [2.45, 2.75) is 0 Å². The molecule has 0 aromatic heterocycles. The third-order valence-electron chi connectivity index (χ3n) is 1.67. The van der Waals surface area contributed by atoms with E-state index in [-0.39, 0.29) is 5.76 Å². The highest BCUT2D eigenvalue weighted by molar-refractivity contribution is 5.74. The van der Waals surface area contributed by atoms with Gasteiger partial charge in [0.25, 0.3) is 0 Å². The second-order valence-corrected chi connectivity index (χ2v) is 2.76. The molecule has 0 aromatic carbocycles. The summed E-state index contributed by atoms with van der Waals surface area (Å²) in [7, 11) is 0. The molecule has 0 aliphatic rings. The van der Waals surface area contributed by atoms with Crippen molar-refractivity contribution in [3.63, 3.8) is 0 Å². The summed E-state index contributed by atoms with van der Waals surface area (Å²) in [6.45, 7) is 21.2. The van der Waals surface area contributed by atoms with Crippen LogP contribution in [0.15, 0.2) is 74.9 Å². The normalized spacial score (nSPS) is 8.50. The number of rotatable bonds is 6. The Morgan fingerprint density at radius 3 is 1.69 bits per heavy atom. The van der Waals surface area contributed by atoms with Gasteiger partial charge in [-0.15, -0.1) is 0 Å². The second kappa shape index (κ2) is 6.24. The Labute approximate surface area is 96.0 Å². The van der Waals surface area contributed by atoms with E-state index in [2.05, 4.69) is 39.5 Å². The van der Waals surface area contributed by atoms with Gasteiger partial charge in [0.15, 0.2) is 0 Å². The highest BCUT2D eigenvalue weighted by atomic mass is 16.6. The van der Waals surface area contributed by atoms with Crippen LogP contribution in [0.3, 0.4) is 0 Å². The zero-order valence-electron chi connectivity index (χ0n) is 9.24. The maximum absolute atomic E-state index is 11.7. The number of amides is 1. The average Bonchev–Trinajstić information content (AvgIpc) is 2.28. The first-order valence-electron chi connectivity index (χ1n) is 4.43. The number of allylic oxidation sites excluding steroid dienone is 3. The molecule has 16 heavy (non-hydrogen) atoms. The molecule has 0 fully saturated rings. The Morgan fingerprint density at radius 2 is 1.38 bits per heavy atom.